The number of imidazole rings is 1. The molecule has 1 aromatic carbocycles. The summed E-state index contributed by atoms with van der Waals surface area (Å²) in [4.78, 5) is 20.6. The second kappa shape index (κ2) is 7.56. The highest BCUT2D eigenvalue weighted by Gasteiger charge is 2.27. The molecule has 0 aliphatic carbocycles. The van der Waals surface area contributed by atoms with Crippen molar-refractivity contribution in [3.05, 3.63) is 41.6 Å². The molecule has 0 bridgehead atoms. The number of nitrogens with one attached hydrogen (secondary N) is 1. The minimum absolute atomic E-state index is 0.0818. The van der Waals surface area contributed by atoms with Crippen molar-refractivity contribution in [3.63, 3.8) is 0 Å². The van der Waals surface area contributed by atoms with Crippen molar-refractivity contribution < 1.29 is 0 Å². The van der Waals surface area contributed by atoms with Gasteiger partial charge in [-0.2, -0.15) is 4.98 Å². The number of aromatic amines is 1. The maximum Gasteiger partial charge on any atom is 0.206 e. The lowest BCUT2D eigenvalue weighted by atomic mass is 9.91. The molecule has 0 saturated carbocycles. The predicted molar refractivity (Wildman–Crippen MR) is 116 cm³/mol. The lowest BCUT2D eigenvalue weighted by Gasteiger charge is -2.36. The van der Waals surface area contributed by atoms with E-state index in [1.165, 1.54) is 11.1 Å². The Kier molecular flexibility index (Phi) is 5.12. The summed E-state index contributed by atoms with van der Waals surface area (Å²) in [6.07, 6.45) is 5.88. The minimum atomic E-state index is -0.0818. The fourth-order valence-corrected chi connectivity index (χ4v) is 4.17. The van der Waals surface area contributed by atoms with Crippen molar-refractivity contribution in [2.24, 2.45) is 5.73 Å². The molecule has 7 heteroatoms. The van der Waals surface area contributed by atoms with Gasteiger partial charge in [-0.15, -0.1) is 0 Å². The summed E-state index contributed by atoms with van der Waals surface area (Å²) in [6.45, 7) is 8.11. The maximum absolute atomic E-state index is 6.24. The molecular formula is C21H26N6S. The highest BCUT2D eigenvalue weighted by Crippen LogP contribution is 2.31. The summed E-state index contributed by atoms with van der Waals surface area (Å²) < 4.78 is 0. The van der Waals surface area contributed by atoms with Crippen LogP contribution in [0.15, 0.2) is 46.0 Å². The Hall–Kier alpha value is -2.38. The van der Waals surface area contributed by atoms with Crippen LogP contribution in [0.5, 0.6) is 0 Å². The summed E-state index contributed by atoms with van der Waals surface area (Å²) >= 11 is 1.62. The van der Waals surface area contributed by atoms with Gasteiger partial charge in [0.1, 0.15) is 5.03 Å². The first kappa shape index (κ1) is 19.0. The number of piperidine rings is 1. The zero-order valence-electron chi connectivity index (χ0n) is 16.6. The fraction of sp³-hybridized carbons (Fsp3) is 0.381. The number of aromatic nitrogens is 4. The number of rotatable bonds is 4. The Labute approximate surface area is 169 Å². The van der Waals surface area contributed by atoms with Crippen LogP contribution in [0.3, 0.4) is 0 Å². The van der Waals surface area contributed by atoms with E-state index in [0.717, 1.165) is 47.4 Å². The van der Waals surface area contributed by atoms with E-state index in [4.69, 9.17) is 10.7 Å². The van der Waals surface area contributed by atoms with Crippen molar-refractivity contribution in [1.82, 2.24) is 19.9 Å². The highest BCUT2D eigenvalue weighted by atomic mass is 32.2. The number of hydrogen-bond donors (Lipinski definition) is 2. The number of nitrogens with two attached hydrogens (primary N) is 1. The Bertz CT molecular complexity index is 1010. The molecule has 0 atom stereocenters. The van der Waals surface area contributed by atoms with E-state index >= 15 is 0 Å². The van der Waals surface area contributed by atoms with Gasteiger partial charge in [-0.1, -0.05) is 41.6 Å². The molecule has 0 unspecified atom stereocenters. The van der Waals surface area contributed by atoms with Gasteiger partial charge in [0.25, 0.3) is 0 Å². The largest absolute Gasteiger partial charge is 0.342 e. The van der Waals surface area contributed by atoms with Crippen LogP contribution in [0.25, 0.3) is 17.4 Å². The molecule has 4 rings (SSSR count). The smallest absolute Gasteiger partial charge is 0.206 e. The van der Waals surface area contributed by atoms with Gasteiger partial charge in [0.15, 0.2) is 11.3 Å². The monoisotopic (exact) mass is 394 g/mol. The molecule has 6 nitrogen and oxygen atoms in total. The molecule has 0 spiro atoms. The first-order chi connectivity index (χ1) is 13.4. The molecule has 0 radical (unpaired) electrons. The van der Waals surface area contributed by atoms with Gasteiger partial charge < -0.3 is 15.6 Å². The summed E-state index contributed by atoms with van der Waals surface area (Å²) in [5.41, 5.74) is 9.99. The lowest BCUT2D eigenvalue weighted by molar-refractivity contribution is 0.362. The normalized spacial score (nSPS) is 16.4. The zero-order chi connectivity index (χ0) is 19.7. The van der Waals surface area contributed by atoms with Crippen LogP contribution in [0, 0.1) is 0 Å². The van der Waals surface area contributed by atoms with Crippen LogP contribution >= 0.6 is 11.8 Å². The first-order valence-electron chi connectivity index (χ1n) is 9.58. The van der Waals surface area contributed by atoms with E-state index in [1.54, 1.807) is 18.0 Å². The summed E-state index contributed by atoms with van der Waals surface area (Å²) in [5.74, 6) is 0.831. The molecule has 28 heavy (non-hydrogen) atoms. The van der Waals surface area contributed by atoms with Crippen LogP contribution in [-0.2, 0) is 0 Å². The minimum Gasteiger partial charge on any atom is -0.342 e. The molecule has 3 heterocycles. The average Bonchev–Trinajstić information content (AvgIpc) is 3.06. The van der Waals surface area contributed by atoms with Gasteiger partial charge in [-0.3, -0.25) is 0 Å². The molecule has 0 amide bonds. The molecule has 1 fully saturated rings. The van der Waals surface area contributed by atoms with E-state index in [9.17, 15) is 0 Å². The van der Waals surface area contributed by atoms with Gasteiger partial charge in [0.05, 0.1) is 6.20 Å². The predicted octanol–water partition coefficient (Wildman–Crippen LogP) is 4.24. The van der Waals surface area contributed by atoms with E-state index in [-0.39, 0.29) is 5.54 Å². The highest BCUT2D eigenvalue weighted by molar-refractivity contribution is 7.99. The number of hydrogen-bond acceptors (Lipinski definition) is 6. The number of benzene rings is 1. The third-order valence-electron chi connectivity index (χ3n) is 4.96. The number of H-pyrrole nitrogens is 1. The number of allylic oxidation sites excluding steroid dienone is 1. The Balaban J connectivity index is 1.57. The summed E-state index contributed by atoms with van der Waals surface area (Å²) in [7, 11) is 0. The van der Waals surface area contributed by atoms with E-state index in [0.29, 0.717) is 5.65 Å². The quantitative estimate of drug-likeness (QED) is 0.688. The van der Waals surface area contributed by atoms with Crippen LogP contribution in [-0.4, -0.2) is 38.6 Å². The second-order valence-electron chi connectivity index (χ2n) is 7.94. The SMILES string of the molecule is CC(C)=Cc1ccccc1Sc1cnc2nc(N3CCC(C)(N)CC3)[nH]c2n1. The second-order valence-corrected chi connectivity index (χ2v) is 9.01. The first-order valence-corrected chi connectivity index (χ1v) is 10.4. The van der Waals surface area contributed by atoms with Gasteiger partial charge in [0, 0.05) is 23.5 Å². The third kappa shape index (κ3) is 4.20. The topological polar surface area (TPSA) is 83.7 Å². The Morgan fingerprint density at radius 2 is 1.96 bits per heavy atom. The maximum atomic E-state index is 6.24. The standard InChI is InChI=1S/C21H26N6S/c1-14(2)12-15-6-4-5-7-16(15)28-17-13-23-18-19(24-17)26-20(25-18)27-10-8-21(3,22)9-11-27/h4-7,12-13H,8-11,22H2,1-3H3,(H,23,24,25,26). The molecule has 3 N–H and O–H groups in total. The van der Waals surface area contributed by atoms with Crippen LogP contribution in [0.1, 0.15) is 39.2 Å². The molecule has 1 aliphatic rings. The van der Waals surface area contributed by atoms with E-state index in [1.807, 2.05) is 6.07 Å². The van der Waals surface area contributed by atoms with Crippen molar-refractivity contribution in [2.45, 2.75) is 49.1 Å². The fourth-order valence-electron chi connectivity index (χ4n) is 3.31. The van der Waals surface area contributed by atoms with Crippen molar-refractivity contribution in [2.75, 3.05) is 18.0 Å². The van der Waals surface area contributed by atoms with Crippen molar-refractivity contribution in [3.8, 4) is 0 Å². The Morgan fingerprint density at radius 3 is 2.71 bits per heavy atom. The molecule has 2 aromatic heterocycles. The van der Waals surface area contributed by atoms with Gasteiger partial charge in [-0.05, 0) is 45.2 Å². The van der Waals surface area contributed by atoms with Crippen molar-refractivity contribution in [1.29, 1.82) is 0 Å². The van der Waals surface area contributed by atoms with E-state index < -0.39 is 0 Å². The van der Waals surface area contributed by atoms with Crippen molar-refractivity contribution >= 4 is 35.1 Å². The van der Waals surface area contributed by atoms with Gasteiger partial charge >= 0.3 is 0 Å². The number of fused-ring (bicyclic) bond motifs is 1. The number of anilines is 1. The Morgan fingerprint density at radius 1 is 1.21 bits per heavy atom. The van der Waals surface area contributed by atoms with E-state index in [2.05, 4.69) is 64.9 Å². The average molecular weight is 395 g/mol. The third-order valence-corrected chi connectivity index (χ3v) is 5.95. The lowest BCUT2D eigenvalue weighted by Crippen LogP contribution is -2.48. The van der Waals surface area contributed by atoms with Crippen LogP contribution in [0.4, 0.5) is 5.95 Å². The molecular weight excluding hydrogens is 368 g/mol. The van der Waals surface area contributed by atoms with Gasteiger partial charge in [-0.25, -0.2) is 9.97 Å². The zero-order valence-corrected chi connectivity index (χ0v) is 17.4. The molecule has 1 saturated heterocycles. The number of nitrogens with zero attached hydrogens (tertiary/aromatic N) is 4. The molecule has 3 aromatic rings. The summed E-state index contributed by atoms with van der Waals surface area (Å²) in [6, 6.07) is 8.34. The summed E-state index contributed by atoms with van der Waals surface area (Å²) in [5, 5.41) is 0.852. The van der Waals surface area contributed by atoms with Crippen LogP contribution < -0.4 is 10.6 Å². The molecule has 1 aliphatic heterocycles. The van der Waals surface area contributed by atoms with Crippen LogP contribution in [0.2, 0.25) is 0 Å². The van der Waals surface area contributed by atoms with Gasteiger partial charge in [0.2, 0.25) is 5.95 Å². The molecule has 146 valence electrons.